The second-order valence-electron chi connectivity index (χ2n) is 6.66. The highest BCUT2D eigenvalue weighted by Crippen LogP contribution is 2.26. The van der Waals surface area contributed by atoms with Gasteiger partial charge in [-0.3, -0.25) is 4.79 Å². The standard InChI is InChI=1S/C25H22N2O4/c1-3-27(23-10-6-8-19-7-4-5-9-22(19)23)24(28)17-31-25(29)20(16-26)15-18-11-13-21(30-2)14-12-18/h4-15H,3,17H2,1-2H3. The van der Waals surface area contributed by atoms with Crippen molar-refractivity contribution in [1.82, 2.24) is 0 Å². The summed E-state index contributed by atoms with van der Waals surface area (Å²) in [5.41, 5.74) is 1.20. The van der Waals surface area contributed by atoms with Gasteiger partial charge in [0.1, 0.15) is 17.4 Å². The quantitative estimate of drug-likeness (QED) is 0.326. The number of amides is 1. The number of likely N-dealkylation sites (N-methyl/N-ethyl adjacent to an activating group) is 1. The van der Waals surface area contributed by atoms with Gasteiger partial charge in [0, 0.05) is 11.9 Å². The van der Waals surface area contributed by atoms with E-state index >= 15 is 0 Å². The molecule has 0 aliphatic heterocycles. The lowest BCUT2D eigenvalue weighted by atomic mass is 10.1. The smallest absolute Gasteiger partial charge is 0.349 e. The lowest BCUT2D eigenvalue weighted by Crippen LogP contribution is -2.34. The second-order valence-corrected chi connectivity index (χ2v) is 6.66. The van der Waals surface area contributed by atoms with Crippen LogP contribution in [-0.4, -0.2) is 32.1 Å². The molecule has 0 unspecified atom stereocenters. The molecule has 0 saturated heterocycles. The monoisotopic (exact) mass is 414 g/mol. The number of rotatable bonds is 7. The third kappa shape index (κ3) is 5.09. The maximum Gasteiger partial charge on any atom is 0.349 e. The number of carbonyl (C=O) groups is 2. The van der Waals surface area contributed by atoms with Crippen molar-refractivity contribution in [3.8, 4) is 11.8 Å². The molecule has 31 heavy (non-hydrogen) atoms. The molecule has 156 valence electrons. The SMILES string of the molecule is CCN(C(=O)COC(=O)C(C#N)=Cc1ccc(OC)cc1)c1cccc2ccccc12. The number of anilines is 1. The molecule has 0 atom stereocenters. The molecule has 3 aromatic rings. The zero-order valence-electron chi connectivity index (χ0n) is 17.4. The minimum Gasteiger partial charge on any atom is -0.497 e. The molecule has 0 aromatic heterocycles. The Morgan fingerprint density at radius 2 is 1.74 bits per heavy atom. The number of methoxy groups -OCH3 is 1. The van der Waals surface area contributed by atoms with E-state index < -0.39 is 12.6 Å². The number of nitriles is 1. The molecule has 6 heteroatoms. The van der Waals surface area contributed by atoms with Crippen LogP contribution in [0.25, 0.3) is 16.8 Å². The minimum absolute atomic E-state index is 0.189. The van der Waals surface area contributed by atoms with E-state index in [0.717, 1.165) is 16.5 Å². The van der Waals surface area contributed by atoms with Crippen LogP contribution in [0.4, 0.5) is 5.69 Å². The number of hydrogen-bond donors (Lipinski definition) is 0. The first-order chi connectivity index (χ1) is 15.1. The zero-order chi connectivity index (χ0) is 22.2. The van der Waals surface area contributed by atoms with Gasteiger partial charge in [-0.25, -0.2) is 4.79 Å². The van der Waals surface area contributed by atoms with Crippen LogP contribution in [0, 0.1) is 11.3 Å². The van der Waals surface area contributed by atoms with Crippen molar-refractivity contribution in [3.63, 3.8) is 0 Å². The molecular formula is C25H22N2O4. The Labute approximate surface area is 180 Å². The van der Waals surface area contributed by atoms with E-state index in [1.807, 2.05) is 55.5 Å². The molecule has 3 rings (SSSR count). The summed E-state index contributed by atoms with van der Waals surface area (Å²) in [6.45, 7) is 1.81. The van der Waals surface area contributed by atoms with Crippen molar-refractivity contribution in [2.24, 2.45) is 0 Å². The average molecular weight is 414 g/mol. The summed E-state index contributed by atoms with van der Waals surface area (Å²) >= 11 is 0. The van der Waals surface area contributed by atoms with Crippen LogP contribution in [0.15, 0.2) is 72.3 Å². The highest BCUT2D eigenvalue weighted by Gasteiger charge is 2.19. The summed E-state index contributed by atoms with van der Waals surface area (Å²) in [4.78, 5) is 26.7. The van der Waals surface area contributed by atoms with Gasteiger partial charge < -0.3 is 14.4 Å². The first kappa shape index (κ1) is 21.6. The number of carbonyl (C=O) groups excluding carboxylic acids is 2. The normalized spacial score (nSPS) is 10.9. The van der Waals surface area contributed by atoms with Gasteiger partial charge in [0.25, 0.3) is 5.91 Å². The molecule has 0 saturated carbocycles. The van der Waals surface area contributed by atoms with Gasteiger partial charge in [0.05, 0.1) is 12.8 Å². The van der Waals surface area contributed by atoms with E-state index in [-0.39, 0.29) is 11.5 Å². The molecule has 0 N–H and O–H groups in total. The van der Waals surface area contributed by atoms with Crippen LogP contribution in [0.5, 0.6) is 5.75 Å². The molecule has 0 spiro atoms. The molecule has 0 fully saturated rings. The summed E-state index contributed by atoms with van der Waals surface area (Å²) in [5.74, 6) is -0.550. The van der Waals surface area contributed by atoms with Crippen molar-refractivity contribution in [3.05, 3.63) is 77.9 Å². The van der Waals surface area contributed by atoms with Crippen LogP contribution in [0.1, 0.15) is 12.5 Å². The van der Waals surface area contributed by atoms with Crippen molar-refractivity contribution < 1.29 is 19.1 Å². The van der Waals surface area contributed by atoms with Crippen molar-refractivity contribution in [2.75, 3.05) is 25.2 Å². The Morgan fingerprint density at radius 1 is 1.03 bits per heavy atom. The summed E-state index contributed by atoms with van der Waals surface area (Å²) < 4.78 is 10.2. The molecule has 3 aromatic carbocycles. The molecule has 0 bridgehead atoms. The zero-order valence-corrected chi connectivity index (χ0v) is 17.4. The number of nitrogens with zero attached hydrogens (tertiary/aromatic N) is 2. The van der Waals surface area contributed by atoms with Crippen LogP contribution in [-0.2, 0) is 14.3 Å². The predicted octanol–water partition coefficient (Wildman–Crippen LogP) is 4.35. The summed E-state index contributed by atoms with van der Waals surface area (Å²) in [5, 5.41) is 11.3. The maximum absolute atomic E-state index is 12.8. The molecular weight excluding hydrogens is 392 g/mol. The van der Waals surface area contributed by atoms with Crippen molar-refractivity contribution in [1.29, 1.82) is 5.26 Å². The van der Waals surface area contributed by atoms with Crippen LogP contribution >= 0.6 is 0 Å². The number of hydrogen-bond acceptors (Lipinski definition) is 5. The first-order valence-corrected chi connectivity index (χ1v) is 9.78. The summed E-state index contributed by atoms with van der Waals surface area (Å²) in [7, 11) is 1.55. The van der Waals surface area contributed by atoms with E-state index in [9.17, 15) is 14.9 Å². The predicted molar refractivity (Wildman–Crippen MR) is 120 cm³/mol. The van der Waals surface area contributed by atoms with Gasteiger partial charge in [0.15, 0.2) is 6.61 Å². The Bertz CT molecular complexity index is 1150. The fraction of sp³-hybridized carbons (Fsp3) is 0.160. The summed E-state index contributed by atoms with van der Waals surface area (Å²) in [6.07, 6.45) is 1.41. The van der Waals surface area contributed by atoms with Crippen molar-refractivity contribution >= 4 is 34.4 Å². The maximum atomic E-state index is 12.8. The minimum atomic E-state index is -0.847. The highest BCUT2D eigenvalue weighted by atomic mass is 16.5. The second kappa shape index (κ2) is 10.1. The molecule has 0 heterocycles. The summed E-state index contributed by atoms with van der Waals surface area (Å²) in [6, 6.07) is 22.2. The van der Waals surface area contributed by atoms with Gasteiger partial charge >= 0.3 is 5.97 Å². The Morgan fingerprint density at radius 3 is 2.42 bits per heavy atom. The number of esters is 1. The lowest BCUT2D eigenvalue weighted by Gasteiger charge is -2.22. The fourth-order valence-corrected chi connectivity index (χ4v) is 3.21. The van der Waals surface area contributed by atoms with E-state index in [1.54, 1.807) is 36.3 Å². The van der Waals surface area contributed by atoms with Crippen LogP contribution in [0.3, 0.4) is 0 Å². The van der Waals surface area contributed by atoms with E-state index in [2.05, 4.69) is 0 Å². The largest absolute Gasteiger partial charge is 0.497 e. The van der Waals surface area contributed by atoms with Gasteiger partial charge in [0.2, 0.25) is 0 Å². The van der Waals surface area contributed by atoms with Gasteiger partial charge in [-0.15, -0.1) is 0 Å². The molecule has 0 radical (unpaired) electrons. The van der Waals surface area contributed by atoms with Gasteiger partial charge in [-0.1, -0.05) is 48.5 Å². The van der Waals surface area contributed by atoms with Crippen LogP contribution < -0.4 is 9.64 Å². The first-order valence-electron chi connectivity index (χ1n) is 9.78. The highest BCUT2D eigenvalue weighted by molar-refractivity contribution is 6.05. The third-order valence-corrected chi connectivity index (χ3v) is 4.77. The molecule has 0 aliphatic carbocycles. The van der Waals surface area contributed by atoms with Crippen molar-refractivity contribution in [2.45, 2.75) is 6.92 Å². The van der Waals surface area contributed by atoms with E-state index in [0.29, 0.717) is 17.9 Å². The van der Waals surface area contributed by atoms with Gasteiger partial charge in [-0.05, 0) is 42.1 Å². The van der Waals surface area contributed by atoms with Gasteiger partial charge in [-0.2, -0.15) is 5.26 Å². The fourth-order valence-electron chi connectivity index (χ4n) is 3.21. The Hall–Kier alpha value is -4.11. The van der Waals surface area contributed by atoms with E-state index in [4.69, 9.17) is 9.47 Å². The Kier molecular flexibility index (Phi) is 7.02. The lowest BCUT2D eigenvalue weighted by molar-refractivity contribution is -0.143. The third-order valence-electron chi connectivity index (χ3n) is 4.77. The number of ether oxygens (including phenoxy) is 2. The molecule has 6 nitrogen and oxygen atoms in total. The molecule has 0 aliphatic rings. The average Bonchev–Trinajstić information content (AvgIpc) is 2.82. The number of fused-ring (bicyclic) bond motifs is 1. The van der Waals surface area contributed by atoms with Crippen LogP contribution in [0.2, 0.25) is 0 Å². The Balaban J connectivity index is 1.72. The van der Waals surface area contributed by atoms with E-state index in [1.165, 1.54) is 6.08 Å². The number of benzene rings is 3. The molecule has 1 amide bonds. The topological polar surface area (TPSA) is 79.6 Å².